The van der Waals surface area contributed by atoms with E-state index in [9.17, 15) is 8.42 Å². The molecule has 102 valence electrons. The van der Waals surface area contributed by atoms with Gasteiger partial charge < -0.3 is 5.32 Å². The van der Waals surface area contributed by atoms with Crippen LogP contribution in [-0.4, -0.2) is 43.6 Å². The van der Waals surface area contributed by atoms with Gasteiger partial charge >= 0.3 is 0 Å². The Hall–Kier alpha value is -0.130. The fraction of sp³-hybridized carbons (Fsp3) is 1.00. The number of unbranched alkanes of at least 4 members (excludes halogenated alkanes) is 1. The van der Waals surface area contributed by atoms with E-state index in [1.165, 1.54) is 0 Å². The van der Waals surface area contributed by atoms with E-state index < -0.39 is 10.0 Å². The van der Waals surface area contributed by atoms with Crippen LogP contribution in [0.3, 0.4) is 0 Å². The molecular weight excluding hydrogens is 236 g/mol. The Balaban J connectivity index is 2.25. The molecule has 0 aromatic heterocycles. The first-order valence-corrected chi connectivity index (χ1v) is 8.27. The van der Waals surface area contributed by atoms with Gasteiger partial charge in [0.2, 0.25) is 10.0 Å². The molecule has 1 heterocycles. The van der Waals surface area contributed by atoms with Crippen LogP contribution >= 0.6 is 0 Å². The molecule has 4 nitrogen and oxygen atoms in total. The van der Waals surface area contributed by atoms with E-state index in [4.69, 9.17) is 0 Å². The van der Waals surface area contributed by atoms with Gasteiger partial charge in [-0.25, -0.2) is 8.42 Å². The van der Waals surface area contributed by atoms with Crippen molar-refractivity contribution in [1.82, 2.24) is 9.62 Å². The van der Waals surface area contributed by atoms with E-state index in [1.54, 1.807) is 4.31 Å². The second-order valence-electron chi connectivity index (χ2n) is 5.23. The summed E-state index contributed by atoms with van der Waals surface area (Å²) in [6.07, 6.45) is 3.70. The fourth-order valence-electron chi connectivity index (χ4n) is 2.24. The predicted molar refractivity (Wildman–Crippen MR) is 71.6 cm³/mol. The monoisotopic (exact) mass is 262 g/mol. The zero-order chi connectivity index (χ0) is 12.9. The van der Waals surface area contributed by atoms with Crippen molar-refractivity contribution in [3.05, 3.63) is 0 Å². The first-order chi connectivity index (χ1) is 7.93. The molecule has 1 saturated heterocycles. The third-order valence-electron chi connectivity index (χ3n) is 3.23. The smallest absolute Gasteiger partial charge is 0.214 e. The summed E-state index contributed by atoms with van der Waals surface area (Å²) in [5, 5.41) is 3.30. The molecule has 0 aromatic rings. The second-order valence-corrected chi connectivity index (χ2v) is 7.28. The molecule has 1 unspecified atom stereocenters. The summed E-state index contributed by atoms with van der Waals surface area (Å²) in [4.78, 5) is 0. The van der Waals surface area contributed by atoms with Crippen molar-refractivity contribution in [3.8, 4) is 0 Å². The Bertz CT molecular complexity index is 314. The third kappa shape index (κ3) is 4.94. The largest absolute Gasteiger partial charge is 0.315 e. The molecule has 1 aliphatic rings. The molecule has 1 atom stereocenters. The van der Waals surface area contributed by atoms with Crippen molar-refractivity contribution in [2.24, 2.45) is 0 Å². The molecular formula is C12H26N2O2S. The summed E-state index contributed by atoms with van der Waals surface area (Å²) >= 11 is 0. The number of rotatable bonds is 7. The molecule has 5 heteroatoms. The summed E-state index contributed by atoms with van der Waals surface area (Å²) < 4.78 is 25.8. The molecule has 1 aliphatic heterocycles. The lowest BCUT2D eigenvalue weighted by Crippen LogP contribution is -2.35. The Morgan fingerprint density at radius 1 is 1.35 bits per heavy atom. The summed E-state index contributed by atoms with van der Waals surface area (Å²) in [6.45, 7) is 7.83. The van der Waals surface area contributed by atoms with Gasteiger partial charge in [-0.3, -0.25) is 0 Å². The predicted octanol–water partition coefficient (Wildman–Crippen LogP) is 1.58. The van der Waals surface area contributed by atoms with Gasteiger partial charge in [0.1, 0.15) is 0 Å². The van der Waals surface area contributed by atoms with Crippen LogP contribution in [0.15, 0.2) is 0 Å². The molecule has 0 aromatic carbocycles. The van der Waals surface area contributed by atoms with Crippen LogP contribution in [0.1, 0.15) is 46.5 Å². The minimum absolute atomic E-state index is 0.203. The molecule has 1 rings (SSSR count). The van der Waals surface area contributed by atoms with Crippen LogP contribution in [0.2, 0.25) is 0 Å². The van der Waals surface area contributed by atoms with Crippen LogP contribution in [0.4, 0.5) is 0 Å². The van der Waals surface area contributed by atoms with E-state index in [0.717, 1.165) is 32.2 Å². The van der Waals surface area contributed by atoms with Crippen LogP contribution < -0.4 is 5.32 Å². The first kappa shape index (κ1) is 14.9. The molecule has 0 aliphatic carbocycles. The normalized spacial score (nSPS) is 22.5. The highest BCUT2D eigenvalue weighted by Crippen LogP contribution is 2.21. The van der Waals surface area contributed by atoms with Gasteiger partial charge in [-0.05, 0) is 39.2 Å². The molecule has 1 fully saturated rings. The van der Waals surface area contributed by atoms with Gasteiger partial charge in [0.15, 0.2) is 0 Å². The van der Waals surface area contributed by atoms with Crippen molar-refractivity contribution >= 4 is 10.0 Å². The average molecular weight is 262 g/mol. The maximum Gasteiger partial charge on any atom is 0.214 e. The third-order valence-corrected chi connectivity index (χ3v) is 5.29. The van der Waals surface area contributed by atoms with Crippen molar-refractivity contribution in [3.63, 3.8) is 0 Å². The highest BCUT2D eigenvalue weighted by atomic mass is 32.2. The van der Waals surface area contributed by atoms with Crippen molar-refractivity contribution in [1.29, 1.82) is 0 Å². The van der Waals surface area contributed by atoms with Crippen LogP contribution in [0.5, 0.6) is 0 Å². The van der Waals surface area contributed by atoms with Crippen LogP contribution in [0.25, 0.3) is 0 Å². The lowest BCUT2D eigenvalue weighted by molar-refractivity contribution is 0.407. The van der Waals surface area contributed by atoms with E-state index in [1.807, 2.05) is 6.92 Å². The quantitative estimate of drug-likeness (QED) is 0.709. The number of hydrogen-bond donors (Lipinski definition) is 1. The van der Waals surface area contributed by atoms with Crippen molar-refractivity contribution < 1.29 is 8.42 Å². The lowest BCUT2D eigenvalue weighted by atomic mass is 10.3. The highest BCUT2D eigenvalue weighted by Gasteiger charge is 2.30. The van der Waals surface area contributed by atoms with Gasteiger partial charge in [0, 0.05) is 18.6 Å². The minimum atomic E-state index is -3.00. The van der Waals surface area contributed by atoms with Gasteiger partial charge in [-0.2, -0.15) is 4.31 Å². The van der Waals surface area contributed by atoms with Gasteiger partial charge in [0.05, 0.1) is 5.75 Å². The van der Waals surface area contributed by atoms with E-state index in [0.29, 0.717) is 18.3 Å². The summed E-state index contributed by atoms with van der Waals surface area (Å²) in [5.74, 6) is 0.303. The first-order valence-electron chi connectivity index (χ1n) is 6.66. The summed E-state index contributed by atoms with van der Waals surface area (Å²) in [7, 11) is -3.00. The molecule has 0 amide bonds. The Morgan fingerprint density at radius 3 is 2.59 bits per heavy atom. The van der Waals surface area contributed by atoms with Gasteiger partial charge in [-0.15, -0.1) is 0 Å². The van der Waals surface area contributed by atoms with Crippen LogP contribution in [-0.2, 0) is 10.0 Å². The fourth-order valence-corrected chi connectivity index (χ4v) is 4.10. The second kappa shape index (κ2) is 6.71. The van der Waals surface area contributed by atoms with Crippen molar-refractivity contribution in [2.45, 2.75) is 58.5 Å². The molecule has 0 saturated carbocycles. The van der Waals surface area contributed by atoms with E-state index in [-0.39, 0.29) is 6.04 Å². The molecule has 0 bridgehead atoms. The molecule has 0 radical (unpaired) electrons. The molecule has 17 heavy (non-hydrogen) atoms. The van der Waals surface area contributed by atoms with Gasteiger partial charge in [-0.1, -0.05) is 13.8 Å². The summed E-state index contributed by atoms with van der Waals surface area (Å²) in [6, 6.07) is 0.680. The Labute approximate surface area is 106 Å². The number of hydrogen-bond acceptors (Lipinski definition) is 3. The minimum Gasteiger partial charge on any atom is -0.315 e. The molecule has 0 spiro atoms. The van der Waals surface area contributed by atoms with Crippen molar-refractivity contribution in [2.75, 3.05) is 18.8 Å². The average Bonchev–Trinajstić information content (AvgIpc) is 2.64. The van der Waals surface area contributed by atoms with E-state index >= 15 is 0 Å². The number of nitrogens with zero attached hydrogens (tertiary/aromatic N) is 1. The summed E-state index contributed by atoms with van der Waals surface area (Å²) in [5.41, 5.74) is 0. The Kier molecular flexibility index (Phi) is 5.89. The standard InChI is InChI=1S/C12H26N2O2S/c1-11(2)13-8-4-5-10-17(15,16)14-9-6-7-12(14)3/h11-13H,4-10H2,1-3H3. The van der Waals surface area contributed by atoms with E-state index in [2.05, 4.69) is 19.2 Å². The topological polar surface area (TPSA) is 49.4 Å². The zero-order valence-corrected chi connectivity index (χ0v) is 12.1. The maximum atomic E-state index is 12.0. The number of sulfonamides is 1. The molecule has 1 N–H and O–H groups in total. The van der Waals surface area contributed by atoms with Gasteiger partial charge in [0.25, 0.3) is 0 Å². The Morgan fingerprint density at radius 2 is 2.06 bits per heavy atom. The highest BCUT2D eigenvalue weighted by molar-refractivity contribution is 7.89. The number of nitrogens with one attached hydrogen (secondary N) is 1. The maximum absolute atomic E-state index is 12.0. The SMILES string of the molecule is CC(C)NCCCCS(=O)(=O)N1CCCC1C. The zero-order valence-electron chi connectivity index (χ0n) is 11.3. The van der Waals surface area contributed by atoms with Crippen LogP contribution in [0, 0.1) is 0 Å². The lowest BCUT2D eigenvalue weighted by Gasteiger charge is -2.20.